The van der Waals surface area contributed by atoms with Crippen molar-refractivity contribution in [2.45, 2.75) is 69.3 Å². The standard InChI is InChI=1S/C15H28O6Si/c1-4-17-15(21-14(2)8-5-9-18-14)19-10-6-11-22(15)12-7-13(16-3)20-22/h13H,4-12H2,1-3H3. The highest BCUT2D eigenvalue weighted by Gasteiger charge is 2.66. The normalized spacial score (nSPS) is 45.7. The van der Waals surface area contributed by atoms with Crippen LogP contribution in [0.5, 0.6) is 0 Å². The molecule has 3 heterocycles. The molecular formula is C15H28O6Si. The smallest absolute Gasteiger partial charge is 0.298 e. The molecule has 0 saturated carbocycles. The second-order valence-corrected chi connectivity index (χ2v) is 10.3. The molecule has 3 aliphatic rings. The highest BCUT2D eigenvalue weighted by Crippen LogP contribution is 2.48. The highest BCUT2D eigenvalue weighted by molar-refractivity contribution is 6.76. The van der Waals surface area contributed by atoms with Gasteiger partial charge in [0.1, 0.15) is 6.29 Å². The van der Waals surface area contributed by atoms with Crippen LogP contribution in [-0.2, 0) is 28.1 Å². The molecule has 3 rings (SSSR count). The monoisotopic (exact) mass is 332 g/mol. The van der Waals surface area contributed by atoms with Crippen LogP contribution >= 0.6 is 0 Å². The van der Waals surface area contributed by atoms with E-state index in [0.717, 1.165) is 44.4 Å². The number of ether oxygens (including phenoxy) is 5. The van der Waals surface area contributed by atoms with Gasteiger partial charge in [0.25, 0.3) is 13.9 Å². The Balaban J connectivity index is 1.88. The Hall–Kier alpha value is -0.0231. The van der Waals surface area contributed by atoms with E-state index in [0.29, 0.717) is 13.2 Å². The summed E-state index contributed by atoms with van der Waals surface area (Å²) >= 11 is 0. The molecule has 6 nitrogen and oxygen atoms in total. The maximum Gasteiger partial charge on any atom is 0.298 e. The van der Waals surface area contributed by atoms with Crippen LogP contribution in [0.2, 0.25) is 12.1 Å². The average molecular weight is 332 g/mol. The van der Waals surface area contributed by atoms with Gasteiger partial charge in [-0.25, -0.2) is 0 Å². The maximum absolute atomic E-state index is 6.41. The Morgan fingerprint density at radius 3 is 2.64 bits per heavy atom. The molecule has 0 N–H and O–H groups in total. The van der Waals surface area contributed by atoms with E-state index in [1.807, 2.05) is 13.8 Å². The Kier molecular flexibility index (Phi) is 4.95. The SMILES string of the molecule is CCOC1(OC2(C)CCCO2)OCCC[Si]12CCC(OC)O2. The summed E-state index contributed by atoms with van der Waals surface area (Å²) in [6.45, 7) is 5.81. The van der Waals surface area contributed by atoms with Crippen LogP contribution in [0.25, 0.3) is 0 Å². The molecule has 1 spiro atoms. The van der Waals surface area contributed by atoms with Crippen molar-refractivity contribution in [3.8, 4) is 0 Å². The first-order valence-electron chi connectivity index (χ1n) is 8.40. The maximum atomic E-state index is 6.41. The lowest BCUT2D eigenvalue weighted by atomic mass is 10.2. The molecule has 0 aromatic rings. The van der Waals surface area contributed by atoms with Gasteiger partial charge in [-0.15, -0.1) is 0 Å². The molecule has 3 fully saturated rings. The fourth-order valence-corrected chi connectivity index (χ4v) is 8.33. The predicted octanol–water partition coefficient (Wildman–Crippen LogP) is 2.52. The number of hydrogen-bond donors (Lipinski definition) is 0. The lowest BCUT2D eigenvalue weighted by molar-refractivity contribution is -0.409. The van der Waals surface area contributed by atoms with Gasteiger partial charge in [0.05, 0.1) is 13.2 Å². The zero-order chi connectivity index (χ0) is 15.7. The first-order chi connectivity index (χ1) is 10.6. The van der Waals surface area contributed by atoms with Gasteiger partial charge in [-0.05, 0) is 45.2 Å². The molecule has 0 aromatic heterocycles. The third-order valence-electron chi connectivity index (χ3n) is 4.85. The zero-order valence-corrected chi connectivity index (χ0v) is 14.9. The highest BCUT2D eigenvalue weighted by atomic mass is 28.4. The molecule has 128 valence electrons. The van der Waals surface area contributed by atoms with E-state index < -0.39 is 19.7 Å². The zero-order valence-electron chi connectivity index (χ0n) is 13.9. The summed E-state index contributed by atoms with van der Waals surface area (Å²) in [5.74, 6) is -0.652. The van der Waals surface area contributed by atoms with E-state index >= 15 is 0 Å². The van der Waals surface area contributed by atoms with Crippen molar-refractivity contribution in [1.29, 1.82) is 0 Å². The minimum Gasteiger partial charge on any atom is -0.383 e. The van der Waals surface area contributed by atoms with Gasteiger partial charge in [0, 0.05) is 20.1 Å². The molecule has 7 heteroatoms. The van der Waals surface area contributed by atoms with Crippen LogP contribution in [0.3, 0.4) is 0 Å². The topological polar surface area (TPSA) is 55.4 Å². The van der Waals surface area contributed by atoms with Crippen molar-refractivity contribution in [3.63, 3.8) is 0 Å². The number of hydrogen-bond acceptors (Lipinski definition) is 6. The summed E-state index contributed by atoms with van der Waals surface area (Å²) in [6.07, 6.45) is 3.53. The Bertz CT molecular complexity index is 384. The van der Waals surface area contributed by atoms with Crippen LogP contribution in [0.15, 0.2) is 0 Å². The Morgan fingerprint density at radius 1 is 1.18 bits per heavy atom. The van der Waals surface area contributed by atoms with Gasteiger partial charge in [0.15, 0.2) is 5.79 Å². The lowest BCUT2D eigenvalue weighted by Crippen LogP contribution is -2.68. The quantitative estimate of drug-likeness (QED) is 0.569. The van der Waals surface area contributed by atoms with Gasteiger partial charge in [-0.2, -0.15) is 0 Å². The van der Waals surface area contributed by atoms with Gasteiger partial charge in [-0.1, -0.05) is 0 Å². The largest absolute Gasteiger partial charge is 0.383 e. The van der Waals surface area contributed by atoms with Gasteiger partial charge >= 0.3 is 0 Å². The molecule has 3 aliphatic heterocycles. The van der Waals surface area contributed by atoms with E-state index in [2.05, 4.69) is 0 Å². The number of rotatable bonds is 5. The molecule has 4 atom stereocenters. The van der Waals surface area contributed by atoms with E-state index in [9.17, 15) is 0 Å². The van der Waals surface area contributed by atoms with E-state index in [1.54, 1.807) is 7.11 Å². The van der Waals surface area contributed by atoms with Crippen LogP contribution in [0.1, 0.15) is 39.5 Å². The Morgan fingerprint density at radius 2 is 2.00 bits per heavy atom. The van der Waals surface area contributed by atoms with E-state index in [-0.39, 0.29) is 6.29 Å². The minimum atomic E-state index is -2.39. The van der Waals surface area contributed by atoms with E-state index in [4.69, 9.17) is 28.1 Å². The molecule has 0 amide bonds. The third kappa shape index (κ3) is 2.88. The molecule has 0 bridgehead atoms. The van der Waals surface area contributed by atoms with Gasteiger partial charge in [0.2, 0.25) is 0 Å². The molecule has 4 unspecified atom stereocenters. The van der Waals surface area contributed by atoms with Crippen molar-refractivity contribution < 1.29 is 28.1 Å². The van der Waals surface area contributed by atoms with Crippen molar-refractivity contribution >= 4 is 8.32 Å². The lowest BCUT2D eigenvalue weighted by Gasteiger charge is -2.49. The summed E-state index contributed by atoms with van der Waals surface area (Å²) in [7, 11) is -0.704. The minimum absolute atomic E-state index is 0.172. The van der Waals surface area contributed by atoms with E-state index in [1.165, 1.54) is 0 Å². The molecular weight excluding hydrogens is 304 g/mol. The Labute approximate surface area is 133 Å². The third-order valence-corrected chi connectivity index (χ3v) is 9.32. The fraction of sp³-hybridized carbons (Fsp3) is 1.00. The second-order valence-electron chi connectivity index (χ2n) is 6.45. The molecule has 22 heavy (non-hydrogen) atoms. The van der Waals surface area contributed by atoms with Crippen molar-refractivity contribution in [3.05, 3.63) is 0 Å². The number of methoxy groups -OCH3 is 1. The van der Waals surface area contributed by atoms with Crippen molar-refractivity contribution in [2.24, 2.45) is 0 Å². The average Bonchev–Trinajstić information content (AvgIpc) is 3.10. The summed E-state index contributed by atoms with van der Waals surface area (Å²) in [6, 6.07) is 1.91. The summed E-state index contributed by atoms with van der Waals surface area (Å²) in [4.78, 5) is 0. The molecule has 3 saturated heterocycles. The summed E-state index contributed by atoms with van der Waals surface area (Å²) in [5, 5.41) is 0. The van der Waals surface area contributed by atoms with Crippen LogP contribution in [-0.4, -0.2) is 52.9 Å². The molecule has 0 aromatic carbocycles. The van der Waals surface area contributed by atoms with Crippen molar-refractivity contribution in [1.82, 2.24) is 0 Å². The molecule has 0 aliphatic carbocycles. The second kappa shape index (κ2) is 6.47. The van der Waals surface area contributed by atoms with Crippen LogP contribution in [0.4, 0.5) is 0 Å². The summed E-state index contributed by atoms with van der Waals surface area (Å²) < 4.78 is 36.2. The van der Waals surface area contributed by atoms with Crippen LogP contribution < -0.4 is 0 Å². The first kappa shape index (κ1) is 16.8. The predicted molar refractivity (Wildman–Crippen MR) is 81.5 cm³/mol. The van der Waals surface area contributed by atoms with Crippen LogP contribution in [0, 0.1) is 0 Å². The molecule has 0 radical (unpaired) electrons. The first-order valence-corrected chi connectivity index (χ1v) is 10.7. The van der Waals surface area contributed by atoms with Crippen molar-refractivity contribution in [2.75, 3.05) is 26.9 Å². The fourth-order valence-electron chi connectivity index (χ4n) is 3.78. The van der Waals surface area contributed by atoms with Gasteiger partial charge < -0.3 is 23.4 Å². The summed E-state index contributed by atoms with van der Waals surface area (Å²) in [5.41, 5.74) is -1.08. The van der Waals surface area contributed by atoms with Gasteiger partial charge in [-0.3, -0.25) is 4.74 Å².